The van der Waals surface area contributed by atoms with E-state index in [1.807, 2.05) is 0 Å². The summed E-state index contributed by atoms with van der Waals surface area (Å²) in [6.07, 6.45) is 0. The summed E-state index contributed by atoms with van der Waals surface area (Å²) in [6.45, 7) is 5.39. The monoisotopic (exact) mass is 213 g/mol. The molecule has 0 bridgehead atoms. The quantitative estimate of drug-likeness (QED) is 0.691. The van der Waals surface area contributed by atoms with Crippen LogP contribution in [0.4, 0.5) is 14.5 Å². The first kappa shape index (κ1) is 12.0. The van der Waals surface area contributed by atoms with Crippen molar-refractivity contribution in [3.63, 3.8) is 0 Å². The lowest BCUT2D eigenvalue weighted by Gasteiger charge is -2.22. The summed E-state index contributed by atoms with van der Waals surface area (Å²) in [5, 5.41) is 0. The molecule has 0 saturated carbocycles. The second-order valence-corrected chi connectivity index (χ2v) is 4.93. The van der Waals surface area contributed by atoms with Crippen LogP contribution in [-0.2, 0) is 5.41 Å². The van der Waals surface area contributed by atoms with E-state index in [1.54, 1.807) is 39.8 Å². The van der Waals surface area contributed by atoms with E-state index in [-0.39, 0.29) is 5.56 Å². The maximum absolute atomic E-state index is 13.7. The summed E-state index contributed by atoms with van der Waals surface area (Å²) in [5.41, 5.74) is 0.171. The van der Waals surface area contributed by atoms with Gasteiger partial charge in [-0.1, -0.05) is 20.8 Å². The van der Waals surface area contributed by atoms with Gasteiger partial charge in [0.05, 0.1) is 0 Å². The van der Waals surface area contributed by atoms with Crippen molar-refractivity contribution >= 4 is 5.69 Å². The first-order chi connectivity index (χ1) is 6.73. The van der Waals surface area contributed by atoms with Crippen molar-refractivity contribution in [3.8, 4) is 0 Å². The number of anilines is 1. The fourth-order valence-corrected chi connectivity index (χ4v) is 1.53. The average molecular weight is 213 g/mol. The molecule has 0 unspecified atom stereocenters. The second kappa shape index (κ2) is 3.80. The van der Waals surface area contributed by atoms with E-state index in [0.717, 1.165) is 0 Å². The Kier molecular flexibility index (Phi) is 3.03. The third kappa shape index (κ3) is 2.46. The molecule has 1 aromatic carbocycles. The van der Waals surface area contributed by atoms with Crippen LogP contribution in [0.15, 0.2) is 12.1 Å². The van der Waals surface area contributed by atoms with E-state index in [2.05, 4.69) is 0 Å². The normalized spacial score (nSPS) is 11.7. The van der Waals surface area contributed by atoms with Gasteiger partial charge in [-0.05, 0) is 17.5 Å². The molecule has 0 spiro atoms. The molecule has 0 aliphatic heterocycles. The number of nitrogens with zero attached hydrogens (tertiary/aromatic N) is 1. The van der Waals surface area contributed by atoms with Gasteiger partial charge < -0.3 is 4.90 Å². The molecule has 0 aliphatic rings. The van der Waals surface area contributed by atoms with Gasteiger partial charge in [0.15, 0.2) is 0 Å². The average Bonchev–Trinajstić information content (AvgIpc) is 1.99. The number of benzene rings is 1. The molecule has 0 saturated heterocycles. The summed E-state index contributed by atoms with van der Waals surface area (Å²) in [7, 11) is 3.51. The molecule has 0 radical (unpaired) electrons. The molecule has 0 heterocycles. The molecular formula is C12H17F2N. The first-order valence-electron chi connectivity index (χ1n) is 4.90. The lowest BCUT2D eigenvalue weighted by atomic mass is 9.86. The van der Waals surface area contributed by atoms with Crippen LogP contribution < -0.4 is 4.90 Å². The van der Waals surface area contributed by atoms with Crippen LogP contribution >= 0.6 is 0 Å². The molecular weight excluding hydrogens is 196 g/mol. The number of halogens is 2. The van der Waals surface area contributed by atoms with E-state index in [9.17, 15) is 8.78 Å². The van der Waals surface area contributed by atoms with Crippen molar-refractivity contribution in [2.75, 3.05) is 19.0 Å². The van der Waals surface area contributed by atoms with Crippen LogP contribution in [0.5, 0.6) is 0 Å². The fraction of sp³-hybridized carbons (Fsp3) is 0.500. The predicted molar refractivity (Wildman–Crippen MR) is 59.4 cm³/mol. The standard InChI is InChI=1S/C12H17F2N/c1-12(2,3)11-9(13)6-8(15(4)5)7-10(11)14/h6-7H,1-5H3. The van der Waals surface area contributed by atoms with Crippen molar-refractivity contribution in [1.82, 2.24) is 0 Å². The summed E-state index contributed by atoms with van der Waals surface area (Å²) < 4.78 is 27.4. The Hall–Kier alpha value is -1.12. The van der Waals surface area contributed by atoms with Crippen molar-refractivity contribution in [3.05, 3.63) is 29.3 Å². The molecule has 15 heavy (non-hydrogen) atoms. The smallest absolute Gasteiger partial charge is 0.131 e. The highest BCUT2D eigenvalue weighted by Gasteiger charge is 2.23. The molecule has 0 N–H and O–H groups in total. The van der Waals surface area contributed by atoms with Gasteiger partial charge in [-0.15, -0.1) is 0 Å². The maximum Gasteiger partial charge on any atom is 0.131 e. The Morgan fingerprint density at radius 2 is 1.40 bits per heavy atom. The highest BCUT2D eigenvalue weighted by Crippen LogP contribution is 2.30. The molecule has 1 nitrogen and oxygen atoms in total. The SMILES string of the molecule is CN(C)c1cc(F)c(C(C)(C)C)c(F)c1. The number of hydrogen-bond donors (Lipinski definition) is 0. The highest BCUT2D eigenvalue weighted by atomic mass is 19.1. The lowest BCUT2D eigenvalue weighted by Crippen LogP contribution is -2.18. The van der Waals surface area contributed by atoms with Gasteiger partial charge in [-0.25, -0.2) is 8.78 Å². The van der Waals surface area contributed by atoms with Gasteiger partial charge in [-0.2, -0.15) is 0 Å². The zero-order valence-corrected chi connectivity index (χ0v) is 9.86. The molecule has 0 aromatic heterocycles. The molecule has 0 amide bonds. The molecule has 0 atom stereocenters. The Labute approximate surface area is 89.7 Å². The third-order valence-corrected chi connectivity index (χ3v) is 2.29. The fourth-order valence-electron chi connectivity index (χ4n) is 1.53. The van der Waals surface area contributed by atoms with Gasteiger partial charge in [0.1, 0.15) is 11.6 Å². The Bertz CT molecular complexity index is 341. The molecule has 0 aliphatic carbocycles. The van der Waals surface area contributed by atoms with Gasteiger partial charge in [0, 0.05) is 25.3 Å². The largest absolute Gasteiger partial charge is 0.377 e. The van der Waals surface area contributed by atoms with Crippen molar-refractivity contribution in [1.29, 1.82) is 0 Å². The molecule has 84 valence electrons. The summed E-state index contributed by atoms with van der Waals surface area (Å²) >= 11 is 0. The van der Waals surface area contributed by atoms with E-state index >= 15 is 0 Å². The summed E-state index contributed by atoms with van der Waals surface area (Å²) in [6, 6.07) is 2.73. The topological polar surface area (TPSA) is 3.24 Å². The second-order valence-electron chi connectivity index (χ2n) is 4.93. The van der Waals surface area contributed by atoms with Crippen LogP contribution in [0.3, 0.4) is 0 Å². The van der Waals surface area contributed by atoms with Gasteiger partial charge in [-0.3, -0.25) is 0 Å². The lowest BCUT2D eigenvalue weighted by molar-refractivity contribution is 0.476. The van der Waals surface area contributed by atoms with E-state index in [1.165, 1.54) is 12.1 Å². The van der Waals surface area contributed by atoms with Crippen LogP contribution in [0, 0.1) is 11.6 Å². The zero-order chi connectivity index (χ0) is 11.8. The van der Waals surface area contributed by atoms with E-state index in [4.69, 9.17) is 0 Å². The molecule has 0 fully saturated rings. The predicted octanol–water partition coefficient (Wildman–Crippen LogP) is 3.33. The van der Waals surface area contributed by atoms with Crippen LogP contribution in [-0.4, -0.2) is 14.1 Å². The molecule has 3 heteroatoms. The van der Waals surface area contributed by atoms with Gasteiger partial charge in [0.2, 0.25) is 0 Å². The van der Waals surface area contributed by atoms with Crippen molar-refractivity contribution in [2.45, 2.75) is 26.2 Å². The minimum atomic E-state index is -0.515. The zero-order valence-electron chi connectivity index (χ0n) is 9.86. The Morgan fingerprint density at radius 3 is 1.67 bits per heavy atom. The van der Waals surface area contributed by atoms with E-state index < -0.39 is 17.0 Å². The van der Waals surface area contributed by atoms with E-state index in [0.29, 0.717) is 5.69 Å². The third-order valence-electron chi connectivity index (χ3n) is 2.29. The number of hydrogen-bond acceptors (Lipinski definition) is 1. The Morgan fingerprint density at radius 1 is 1.00 bits per heavy atom. The van der Waals surface area contributed by atoms with Crippen molar-refractivity contribution < 1.29 is 8.78 Å². The Balaban J connectivity index is 3.34. The summed E-state index contributed by atoms with van der Waals surface area (Å²) in [5.74, 6) is -0.961. The van der Waals surface area contributed by atoms with Crippen LogP contribution in [0.2, 0.25) is 0 Å². The maximum atomic E-state index is 13.7. The van der Waals surface area contributed by atoms with Crippen molar-refractivity contribution in [2.24, 2.45) is 0 Å². The number of rotatable bonds is 1. The van der Waals surface area contributed by atoms with Gasteiger partial charge >= 0.3 is 0 Å². The minimum Gasteiger partial charge on any atom is -0.377 e. The van der Waals surface area contributed by atoms with Gasteiger partial charge in [0.25, 0.3) is 0 Å². The minimum absolute atomic E-state index is 0.146. The molecule has 1 rings (SSSR count). The van der Waals surface area contributed by atoms with Crippen LogP contribution in [0.25, 0.3) is 0 Å². The summed E-state index contributed by atoms with van der Waals surface area (Å²) in [4.78, 5) is 1.68. The van der Waals surface area contributed by atoms with Crippen LogP contribution in [0.1, 0.15) is 26.3 Å². The highest BCUT2D eigenvalue weighted by molar-refractivity contribution is 5.48. The molecule has 1 aromatic rings. The first-order valence-corrected chi connectivity index (χ1v) is 4.90.